The molecule has 10 nitrogen and oxygen atoms in total. The summed E-state index contributed by atoms with van der Waals surface area (Å²) < 4.78 is 45.2. The number of carbonyl (C=O) groups excluding carboxylic acids is 1. The van der Waals surface area contributed by atoms with E-state index in [1.807, 2.05) is 0 Å². The van der Waals surface area contributed by atoms with Crippen LogP contribution in [-0.4, -0.2) is 62.0 Å². The van der Waals surface area contributed by atoms with E-state index in [2.05, 4.69) is 10.0 Å². The zero-order valence-electron chi connectivity index (χ0n) is 18.9. The molecule has 11 heteroatoms. The van der Waals surface area contributed by atoms with Crippen molar-refractivity contribution >= 4 is 27.8 Å². The van der Waals surface area contributed by atoms with Crippen LogP contribution < -0.4 is 10.0 Å². The van der Waals surface area contributed by atoms with E-state index >= 15 is 0 Å². The van der Waals surface area contributed by atoms with Crippen LogP contribution >= 0.6 is 0 Å². The number of amides is 1. The molecule has 0 bridgehead atoms. The van der Waals surface area contributed by atoms with Crippen molar-refractivity contribution in [3.8, 4) is 0 Å². The molecule has 1 spiro atoms. The molecule has 1 heterocycles. The van der Waals surface area contributed by atoms with Gasteiger partial charge < -0.3 is 24.6 Å². The van der Waals surface area contributed by atoms with Gasteiger partial charge in [-0.05, 0) is 51.3 Å². The highest BCUT2D eigenvalue weighted by atomic mass is 32.2. The zero-order valence-corrected chi connectivity index (χ0v) is 19.7. The van der Waals surface area contributed by atoms with Crippen LogP contribution in [0.3, 0.4) is 0 Å². The van der Waals surface area contributed by atoms with E-state index < -0.39 is 38.7 Å². The van der Waals surface area contributed by atoms with Gasteiger partial charge in [0, 0.05) is 13.0 Å². The van der Waals surface area contributed by atoms with Crippen LogP contribution in [0.4, 0.5) is 10.5 Å². The molecule has 1 fully saturated rings. The van der Waals surface area contributed by atoms with Gasteiger partial charge in [0.2, 0.25) is 10.0 Å². The Balaban J connectivity index is 1.72. The number of sulfonamides is 1. The van der Waals surface area contributed by atoms with Gasteiger partial charge in [-0.3, -0.25) is 4.72 Å². The minimum Gasteiger partial charge on any atom is -0.478 e. The third kappa shape index (κ3) is 6.46. The maximum absolute atomic E-state index is 13.2. The number of anilines is 1. The molecule has 2 aliphatic rings. The predicted molar refractivity (Wildman–Crippen MR) is 120 cm³/mol. The summed E-state index contributed by atoms with van der Waals surface area (Å²) in [5.74, 6) is -2.51. The minimum absolute atomic E-state index is 0.0375. The number of aliphatic carboxylic acids is 1. The van der Waals surface area contributed by atoms with E-state index in [-0.39, 0.29) is 25.0 Å². The van der Waals surface area contributed by atoms with Gasteiger partial charge in [-0.15, -0.1) is 0 Å². The topological polar surface area (TPSA) is 140 Å². The maximum Gasteiger partial charge on any atom is 0.407 e. The van der Waals surface area contributed by atoms with Gasteiger partial charge in [-0.25, -0.2) is 18.0 Å². The average molecular weight is 483 g/mol. The van der Waals surface area contributed by atoms with Crippen LogP contribution in [0.2, 0.25) is 0 Å². The first-order valence-corrected chi connectivity index (χ1v) is 12.3. The monoisotopic (exact) mass is 482 g/mol. The number of para-hydroxylation sites is 1. The van der Waals surface area contributed by atoms with Gasteiger partial charge in [0.05, 0.1) is 24.5 Å². The molecule has 1 unspecified atom stereocenters. The zero-order chi connectivity index (χ0) is 24.3. The molecule has 3 rings (SSSR count). The second-order valence-electron chi connectivity index (χ2n) is 8.92. The highest BCUT2D eigenvalue weighted by Gasteiger charge is 2.45. The lowest BCUT2D eigenvalue weighted by Gasteiger charge is -2.32. The summed E-state index contributed by atoms with van der Waals surface area (Å²) in [6.45, 7) is 6.15. The van der Waals surface area contributed by atoms with Crippen molar-refractivity contribution < 1.29 is 37.3 Å². The summed E-state index contributed by atoms with van der Waals surface area (Å²) in [7, 11) is -4.09. The number of carboxylic acids is 1. The summed E-state index contributed by atoms with van der Waals surface area (Å²) in [5.41, 5.74) is 0.0643. The highest BCUT2D eigenvalue weighted by Crippen LogP contribution is 2.37. The van der Waals surface area contributed by atoms with Gasteiger partial charge >= 0.3 is 12.1 Å². The van der Waals surface area contributed by atoms with Gasteiger partial charge in [0.1, 0.15) is 10.9 Å². The fourth-order valence-electron chi connectivity index (χ4n) is 3.79. The minimum atomic E-state index is -4.09. The van der Waals surface area contributed by atoms with Crippen LogP contribution in [0.1, 0.15) is 39.2 Å². The number of hydrogen-bond acceptors (Lipinski definition) is 7. The molecule has 1 aromatic carbocycles. The van der Waals surface area contributed by atoms with Crippen LogP contribution in [0.15, 0.2) is 35.9 Å². The molecule has 1 aliphatic carbocycles. The van der Waals surface area contributed by atoms with Gasteiger partial charge in [0.15, 0.2) is 5.79 Å². The Morgan fingerprint density at radius 2 is 1.88 bits per heavy atom. The van der Waals surface area contributed by atoms with Crippen LogP contribution in [0, 0.1) is 0 Å². The van der Waals surface area contributed by atoms with Crippen molar-refractivity contribution in [1.82, 2.24) is 5.32 Å². The molecule has 0 saturated carbocycles. The number of benzene rings is 1. The van der Waals surface area contributed by atoms with Crippen molar-refractivity contribution in [1.29, 1.82) is 0 Å². The van der Waals surface area contributed by atoms with E-state index in [0.29, 0.717) is 30.9 Å². The normalized spacial score (nSPS) is 20.2. The predicted octanol–water partition coefficient (Wildman–Crippen LogP) is 2.41. The highest BCUT2D eigenvalue weighted by molar-refractivity contribution is 7.93. The molecule has 1 aromatic rings. The van der Waals surface area contributed by atoms with Gasteiger partial charge in [-0.2, -0.15) is 0 Å². The molecular formula is C22H30N2O8S. The fraction of sp³-hybridized carbons (Fsp3) is 0.545. The number of alkyl carbamates (subject to hydrolysis) is 1. The van der Waals surface area contributed by atoms with Crippen LogP contribution in [0.25, 0.3) is 0 Å². The number of ether oxygens (including phenoxy) is 3. The van der Waals surface area contributed by atoms with Gasteiger partial charge in [-0.1, -0.05) is 18.2 Å². The maximum atomic E-state index is 13.2. The number of nitrogens with one attached hydrogen (secondary N) is 2. The van der Waals surface area contributed by atoms with Crippen molar-refractivity contribution in [2.75, 3.05) is 24.5 Å². The third-order valence-electron chi connectivity index (χ3n) is 5.21. The fourth-order valence-corrected chi connectivity index (χ4v) is 5.36. The largest absolute Gasteiger partial charge is 0.478 e. The van der Waals surface area contributed by atoms with Crippen molar-refractivity contribution in [2.45, 2.75) is 56.7 Å². The first-order chi connectivity index (χ1) is 15.4. The molecule has 0 aromatic heterocycles. The van der Waals surface area contributed by atoms with Crippen LogP contribution in [0.5, 0.6) is 0 Å². The SMILES string of the molecule is CC(C)(C)OC(=O)NCCc1ccccc1NS(=O)(=O)C1CCC2(C=C1C(=O)O)OCCO2. The second kappa shape index (κ2) is 9.70. The molecule has 1 atom stereocenters. The van der Waals surface area contributed by atoms with E-state index in [1.54, 1.807) is 45.0 Å². The van der Waals surface area contributed by atoms with E-state index in [1.165, 1.54) is 6.08 Å². The molecule has 0 radical (unpaired) electrons. The Labute approximate surface area is 193 Å². The lowest BCUT2D eigenvalue weighted by atomic mass is 9.94. The Morgan fingerprint density at radius 3 is 2.52 bits per heavy atom. The molecule has 1 saturated heterocycles. The Morgan fingerprint density at radius 1 is 1.21 bits per heavy atom. The number of carboxylic acid groups (broad SMARTS) is 1. The molecule has 1 amide bonds. The summed E-state index contributed by atoms with van der Waals surface area (Å²) >= 11 is 0. The van der Waals surface area contributed by atoms with E-state index in [0.717, 1.165) is 0 Å². The first kappa shape index (κ1) is 25.0. The van der Waals surface area contributed by atoms with Crippen LogP contribution in [-0.2, 0) is 35.4 Å². The average Bonchev–Trinajstić information content (AvgIpc) is 3.15. The molecule has 33 heavy (non-hydrogen) atoms. The van der Waals surface area contributed by atoms with Crippen molar-refractivity contribution in [3.63, 3.8) is 0 Å². The quantitative estimate of drug-likeness (QED) is 0.538. The smallest absolute Gasteiger partial charge is 0.407 e. The Kier molecular flexibility index (Phi) is 7.35. The summed E-state index contributed by atoms with van der Waals surface area (Å²) in [6, 6.07) is 6.76. The van der Waals surface area contributed by atoms with E-state index in [9.17, 15) is 23.1 Å². The Bertz CT molecular complexity index is 1020. The summed E-state index contributed by atoms with van der Waals surface area (Å²) in [5, 5.41) is 11.0. The summed E-state index contributed by atoms with van der Waals surface area (Å²) in [4.78, 5) is 23.7. The third-order valence-corrected chi connectivity index (χ3v) is 6.95. The molecule has 1 aliphatic heterocycles. The van der Waals surface area contributed by atoms with Crippen molar-refractivity contribution in [2.24, 2.45) is 0 Å². The molecular weight excluding hydrogens is 452 g/mol. The van der Waals surface area contributed by atoms with Gasteiger partial charge in [0.25, 0.3) is 0 Å². The van der Waals surface area contributed by atoms with Crippen molar-refractivity contribution in [3.05, 3.63) is 41.5 Å². The number of carbonyl (C=O) groups is 2. The first-order valence-electron chi connectivity index (χ1n) is 10.7. The summed E-state index contributed by atoms with van der Waals surface area (Å²) in [6.07, 6.45) is 1.32. The lowest BCUT2D eigenvalue weighted by Crippen LogP contribution is -2.42. The van der Waals surface area contributed by atoms with E-state index in [4.69, 9.17) is 14.2 Å². The second-order valence-corrected chi connectivity index (χ2v) is 10.8. The number of rotatable bonds is 7. The standard InChI is InChI=1S/C22H30N2O8S/c1-21(2,3)32-20(27)23-11-9-15-6-4-5-7-17(15)24-33(28,29)18-8-10-22(30-12-13-31-22)14-16(18)19(25)26/h4-7,14,18,24H,8-13H2,1-3H3,(H,23,27)(H,25,26). The molecule has 3 N–H and O–H groups in total. The number of hydrogen-bond donors (Lipinski definition) is 3. The molecule has 182 valence electrons. The lowest BCUT2D eigenvalue weighted by molar-refractivity contribution is -0.138. The Hall–Kier alpha value is -2.63.